The summed E-state index contributed by atoms with van der Waals surface area (Å²) < 4.78 is 19.0. The summed E-state index contributed by atoms with van der Waals surface area (Å²) in [5.74, 6) is 0.576. The molecule has 28 heavy (non-hydrogen) atoms. The number of carbonyl (C=O) groups is 1. The minimum atomic E-state index is -0.264. The molecule has 2 aliphatic rings. The van der Waals surface area contributed by atoms with Crippen molar-refractivity contribution < 1.29 is 13.9 Å². The first-order valence-corrected chi connectivity index (χ1v) is 9.49. The van der Waals surface area contributed by atoms with Crippen molar-refractivity contribution in [3.63, 3.8) is 0 Å². The van der Waals surface area contributed by atoms with Gasteiger partial charge < -0.3 is 15.0 Å². The van der Waals surface area contributed by atoms with E-state index in [1.54, 1.807) is 19.2 Å². The molecular formula is C22H26FN3O2. The van der Waals surface area contributed by atoms with Gasteiger partial charge in [0.1, 0.15) is 11.6 Å². The maximum absolute atomic E-state index is 13.8. The summed E-state index contributed by atoms with van der Waals surface area (Å²) in [6.07, 6.45) is 1.53. The Kier molecular flexibility index (Phi) is 4.54. The van der Waals surface area contributed by atoms with E-state index in [4.69, 9.17) is 4.74 Å². The number of hydrogen-bond donors (Lipinski definition) is 1. The topological polar surface area (TPSA) is 44.8 Å². The van der Waals surface area contributed by atoms with Crippen LogP contribution < -0.4 is 10.1 Å². The van der Waals surface area contributed by atoms with Gasteiger partial charge in [-0.3, -0.25) is 4.90 Å². The van der Waals surface area contributed by atoms with Gasteiger partial charge >= 0.3 is 6.03 Å². The van der Waals surface area contributed by atoms with Crippen LogP contribution in [-0.2, 0) is 12.1 Å². The number of carbonyl (C=O) groups excluding carboxylic acids is 1. The molecule has 0 bridgehead atoms. The SMILES string of the molecule is COc1ccc(CN2C[C@]3(C[C@](c4cccc(F)c4)(N(C)C)C3)NC2=O)cc1. The zero-order valence-corrected chi connectivity index (χ0v) is 16.5. The summed E-state index contributed by atoms with van der Waals surface area (Å²) >= 11 is 0. The fourth-order valence-corrected chi connectivity index (χ4v) is 4.69. The second-order valence-electron chi connectivity index (χ2n) is 8.20. The first-order chi connectivity index (χ1) is 13.4. The lowest BCUT2D eigenvalue weighted by Crippen LogP contribution is -2.66. The molecule has 1 N–H and O–H groups in total. The van der Waals surface area contributed by atoms with E-state index in [1.165, 1.54) is 6.07 Å². The maximum atomic E-state index is 13.8. The minimum Gasteiger partial charge on any atom is -0.497 e. The Morgan fingerprint density at radius 1 is 1.18 bits per heavy atom. The number of rotatable bonds is 5. The van der Waals surface area contributed by atoms with E-state index in [-0.39, 0.29) is 22.9 Å². The van der Waals surface area contributed by atoms with Crippen LogP contribution in [0.25, 0.3) is 0 Å². The summed E-state index contributed by atoms with van der Waals surface area (Å²) in [4.78, 5) is 16.6. The second-order valence-corrected chi connectivity index (χ2v) is 8.20. The number of ether oxygens (including phenoxy) is 1. The first-order valence-electron chi connectivity index (χ1n) is 9.49. The second kappa shape index (κ2) is 6.78. The van der Waals surface area contributed by atoms with Gasteiger partial charge in [0, 0.05) is 13.1 Å². The molecule has 2 aromatic carbocycles. The molecule has 148 valence electrons. The lowest BCUT2D eigenvalue weighted by Gasteiger charge is -2.57. The van der Waals surface area contributed by atoms with Gasteiger partial charge in [0.15, 0.2) is 0 Å². The van der Waals surface area contributed by atoms with Gasteiger partial charge in [0.2, 0.25) is 0 Å². The van der Waals surface area contributed by atoms with Gasteiger partial charge in [-0.2, -0.15) is 0 Å². The quantitative estimate of drug-likeness (QED) is 0.861. The fourth-order valence-electron chi connectivity index (χ4n) is 4.69. The zero-order chi connectivity index (χ0) is 19.9. The Morgan fingerprint density at radius 3 is 2.50 bits per heavy atom. The van der Waals surface area contributed by atoms with Crippen molar-refractivity contribution in [2.75, 3.05) is 27.7 Å². The third-order valence-electron chi connectivity index (χ3n) is 6.17. The lowest BCUT2D eigenvalue weighted by molar-refractivity contribution is -0.0233. The number of methoxy groups -OCH3 is 1. The molecule has 4 rings (SSSR count). The number of amides is 2. The summed E-state index contributed by atoms with van der Waals surface area (Å²) in [7, 11) is 5.67. The smallest absolute Gasteiger partial charge is 0.318 e. The predicted molar refractivity (Wildman–Crippen MR) is 106 cm³/mol. The van der Waals surface area contributed by atoms with Crippen molar-refractivity contribution >= 4 is 6.03 Å². The molecule has 1 saturated heterocycles. The van der Waals surface area contributed by atoms with Crippen molar-refractivity contribution in [2.24, 2.45) is 0 Å². The third-order valence-corrected chi connectivity index (χ3v) is 6.17. The largest absolute Gasteiger partial charge is 0.497 e. The summed E-state index contributed by atoms with van der Waals surface area (Å²) in [6, 6.07) is 14.5. The summed E-state index contributed by atoms with van der Waals surface area (Å²) in [5.41, 5.74) is 1.51. The molecule has 1 spiro atoms. The average molecular weight is 383 g/mol. The highest BCUT2D eigenvalue weighted by Crippen LogP contribution is 2.53. The highest BCUT2D eigenvalue weighted by atomic mass is 19.1. The van der Waals surface area contributed by atoms with Gasteiger partial charge in [-0.1, -0.05) is 24.3 Å². The van der Waals surface area contributed by atoms with Crippen LogP contribution in [0.2, 0.25) is 0 Å². The van der Waals surface area contributed by atoms with Crippen LogP contribution in [0.5, 0.6) is 5.75 Å². The number of benzene rings is 2. The van der Waals surface area contributed by atoms with Crippen LogP contribution in [0.3, 0.4) is 0 Å². The number of hydrogen-bond acceptors (Lipinski definition) is 3. The third kappa shape index (κ3) is 3.11. The molecule has 1 aliphatic heterocycles. The van der Waals surface area contributed by atoms with E-state index >= 15 is 0 Å². The fraction of sp³-hybridized carbons (Fsp3) is 0.409. The van der Waals surface area contributed by atoms with Crippen LogP contribution in [-0.4, -0.2) is 49.1 Å². The molecule has 0 unspecified atom stereocenters. The zero-order valence-electron chi connectivity index (χ0n) is 16.5. The van der Waals surface area contributed by atoms with E-state index in [0.29, 0.717) is 13.1 Å². The number of nitrogens with zero attached hydrogens (tertiary/aromatic N) is 2. The van der Waals surface area contributed by atoms with Crippen LogP contribution >= 0.6 is 0 Å². The van der Waals surface area contributed by atoms with Gasteiger partial charge in [0.05, 0.1) is 18.2 Å². The van der Waals surface area contributed by atoms with E-state index in [9.17, 15) is 9.18 Å². The van der Waals surface area contributed by atoms with E-state index in [2.05, 4.69) is 10.2 Å². The molecule has 5 nitrogen and oxygen atoms in total. The maximum Gasteiger partial charge on any atom is 0.318 e. The molecule has 6 heteroatoms. The van der Waals surface area contributed by atoms with Crippen molar-refractivity contribution in [1.82, 2.24) is 15.1 Å². The molecule has 2 aromatic rings. The standard InChI is InChI=1S/C22H26FN3O2/c1-25(2)22(17-5-4-6-18(23)11-17)13-21(14-22)15-26(20(27)24-21)12-16-7-9-19(28-3)10-8-16/h4-11H,12-15H2,1-3H3,(H,24,27)/t21-,22+. The molecule has 0 radical (unpaired) electrons. The van der Waals surface area contributed by atoms with Crippen molar-refractivity contribution in [3.8, 4) is 5.75 Å². The Labute approximate surface area is 165 Å². The van der Waals surface area contributed by atoms with Gasteiger partial charge in [-0.05, 0) is 62.3 Å². The molecule has 1 heterocycles. The predicted octanol–water partition coefficient (Wildman–Crippen LogP) is 3.35. The van der Waals surface area contributed by atoms with E-state index < -0.39 is 0 Å². The van der Waals surface area contributed by atoms with Crippen molar-refractivity contribution in [2.45, 2.75) is 30.5 Å². The average Bonchev–Trinajstić information content (AvgIpc) is 2.97. The number of halogens is 1. The minimum absolute atomic E-state index is 0.0394. The molecule has 1 aliphatic carbocycles. The van der Waals surface area contributed by atoms with Gasteiger partial charge in [-0.25, -0.2) is 9.18 Å². The Hall–Kier alpha value is -2.60. The highest BCUT2D eigenvalue weighted by molar-refractivity contribution is 5.78. The summed E-state index contributed by atoms with van der Waals surface area (Å²) in [6.45, 7) is 1.22. The van der Waals surface area contributed by atoms with E-state index in [0.717, 1.165) is 29.7 Å². The Morgan fingerprint density at radius 2 is 1.89 bits per heavy atom. The molecule has 1 saturated carbocycles. The van der Waals surface area contributed by atoms with Gasteiger partial charge in [0.25, 0.3) is 0 Å². The molecular weight excluding hydrogens is 357 g/mol. The van der Waals surface area contributed by atoms with Crippen molar-refractivity contribution in [3.05, 3.63) is 65.5 Å². The molecule has 0 atom stereocenters. The molecule has 2 amide bonds. The molecule has 2 fully saturated rings. The van der Waals surface area contributed by atoms with Crippen LogP contribution in [0.4, 0.5) is 9.18 Å². The number of nitrogens with one attached hydrogen (secondary N) is 1. The Bertz CT molecular complexity index is 876. The van der Waals surface area contributed by atoms with Crippen molar-refractivity contribution in [1.29, 1.82) is 0 Å². The first kappa shape index (κ1) is 18.7. The van der Waals surface area contributed by atoms with Crippen LogP contribution in [0.1, 0.15) is 24.0 Å². The monoisotopic (exact) mass is 383 g/mol. The van der Waals surface area contributed by atoms with Crippen LogP contribution in [0, 0.1) is 5.82 Å². The van der Waals surface area contributed by atoms with Crippen LogP contribution in [0.15, 0.2) is 48.5 Å². The number of urea groups is 1. The Balaban J connectivity index is 1.49. The highest BCUT2D eigenvalue weighted by Gasteiger charge is 2.60. The normalized spacial score (nSPS) is 26.5. The van der Waals surface area contributed by atoms with E-state index in [1.807, 2.05) is 49.3 Å². The molecule has 0 aromatic heterocycles. The summed E-state index contributed by atoms with van der Waals surface area (Å²) in [5, 5.41) is 3.20. The van der Waals surface area contributed by atoms with Gasteiger partial charge in [-0.15, -0.1) is 0 Å². The lowest BCUT2D eigenvalue weighted by atomic mass is 9.59.